The molecule has 1 saturated carbocycles. The fraction of sp³-hybridized carbons (Fsp3) is 0.889. The average Bonchev–Trinajstić information content (AvgIpc) is 3.47. The van der Waals surface area contributed by atoms with Gasteiger partial charge >= 0.3 is 0 Å². The molecule has 0 aromatic rings. The van der Waals surface area contributed by atoms with E-state index in [-0.39, 0.29) is 34.4 Å². The maximum absolute atomic E-state index is 6.29. The highest BCUT2D eigenvalue weighted by Crippen LogP contribution is 2.58. The highest BCUT2D eigenvalue weighted by Gasteiger charge is 2.58. The predicted octanol–water partition coefficient (Wildman–Crippen LogP) is 5.55. The van der Waals surface area contributed by atoms with Gasteiger partial charge in [0.15, 0.2) is 17.7 Å². The Balaban J connectivity index is 1.73. The summed E-state index contributed by atoms with van der Waals surface area (Å²) < 4.78 is 18.9. The van der Waals surface area contributed by atoms with Gasteiger partial charge in [-0.25, -0.2) is 15.0 Å². The minimum atomic E-state index is -0.227. The van der Waals surface area contributed by atoms with Crippen LogP contribution in [0.2, 0.25) is 0 Å². The van der Waals surface area contributed by atoms with Gasteiger partial charge < -0.3 is 14.2 Å². The molecule has 3 heterocycles. The Kier molecular flexibility index (Phi) is 6.37. The van der Waals surface area contributed by atoms with Crippen molar-refractivity contribution in [1.29, 1.82) is 0 Å². The minimum Gasteiger partial charge on any atom is -0.478 e. The van der Waals surface area contributed by atoms with Crippen LogP contribution in [0.4, 0.5) is 0 Å². The lowest BCUT2D eigenvalue weighted by molar-refractivity contribution is 0.0646. The van der Waals surface area contributed by atoms with Crippen LogP contribution in [-0.2, 0) is 14.2 Å². The summed E-state index contributed by atoms with van der Waals surface area (Å²) in [5.41, 5.74) is -0.682. The standard InChI is InChI=1S/C27H45N3O3/c1-16(2)19-10-31-22(28-19)25(7)13-26(8,23-29-20(11-32-23)17(3)4)15-27(9,14-25)24-30-21(12-33-24)18(5)6/h16-21H,10-15H2,1-9H3/t19-,20-,21-,25?,26?,27?/m1/s1. The van der Waals surface area contributed by atoms with Crippen molar-refractivity contribution in [2.24, 2.45) is 49.0 Å². The Morgan fingerprint density at radius 2 is 0.788 bits per heavy atom. The minimum absolute atomic E-state index is 0.227. The quantitative estimate of drug-likeness (QED) is 0.523. The van der Waals surface area contributed by atoms with E-state index in [1.54, 1.807) is 0 Å². The lowest BCUT2D eigenvalue weighted by Gasteiger charge is -2.51. The van der Waals surface area contributed by atoms with Gasteiger partial charge in [0.05, 0.1) is 18.1 Å². The van der Waals surface area contributed by atoms with Crippen molar-refractivity contribution < 1.29 is 14.2 Å². The summed E-state index contributed by atoms with van der Waals surface area (Å²) in [6.07, 6.45) is 2.72. The van der Waals surface area contributed by atoms with Crippen molar-refractivity contribution in [3.63, 3.8) is 0 Å². The second-order valence-corrected chi connectivity index (χ2v) is 12.9. The molecule has 6 heteroatoms. The van der Waals surface area contributed by atoms with Crippen LogP contribution in [0.15, 0.2) is 15.0 Å². The summed E-state index contributed by atoms with van der Waals surface area (Å²) in [4.78, 5) is 15.3. The van der Waals surface area contributed by atoms with E-state index in [2.05, 4.69) is 62.3 Å². The van der Waals surface area contributed by atoms with Gasteiger partial charge in [0.2, 0.25) is 0 Å². The largest absolute Gasteiger partial charge is 0.478 e. The van der Waals surface area contributed by atoms with Crippen LogP contribution in [-0.4, -0.2) is 55.6 Å². The van der Waals surface area contributed by atoms with Gasteiger partial charge in [-0.05, 0) is 37.0 Å². The van der Waals surface area contributed by atoms with E-state index in [4.69, 9.17) is 29.2 Å². The van der Waals surface area contributed by atoms with Crippen molar-refractivity contribution in [3.05, 3.63) is 0 Å². The molecule has 0 amide bonds. The molecule has 0 radical (unpaired) electrons. The number of rotatable bonds is 6. The van der Waals surface area contributed by atoms with Crippen LogP contribution < -0.4 is 0 Å². The lowest BCUT2D eigenvalue weighted by atomic mass is 9.54. The first-order valence-corrected chi connectivity index (χ1v) is 13.0. The van der Waals surface area contributed by atoms with Crippen molar-refractivity contribution in [3.8, 4) is 0 Å². The summed E-state index contributed by atoms with van der Waals surface area (Å²) >= 11 is 0. The van der Waals surface area contributed by atoms with E-state index < -0.39 is 0 Å². The molecule has 6 nitrogen and oxygen atoms in total. The summed E-state index contributed by atoms with van der Waals surface area (Å²) in [5, 5.41) is 0. The van der Waals surface area contributed by atoms with Gasteiger partial charge in [0.25, 0.3) is 0 Å². The number of nitrogens with zero attached hydrogens (tertiary/aromatic N) is 3. The highest BCUT2D eigenvalue weighted by atomic mass is 16.5. The summed E-state index contributed by atoms with van der Waals surface area (Å²) in [6.45, 7) is 22.3. The molecule has 0 aromatic heterocycles. The molecule has 0 N–H and O–H groups in total. The second-order valence-electron chi connectivity index (χ2n) is 12.9. The average molecular weight is 460 g/mol. The van der Waals surface area contributed by atoms with Gasteiger partial charge in [0.1, 0.15) is 19.8 Å². The maximum Gasteiger partial charge on any atom is 0.189 e. The molecule has 3 atom stereocenters. The Hall–Kier alpha value is -1.59. The molecule has 33 heavy (non-hydrogen) atoms. The van der Waals surface area contributed by atoms with E-state index >= 15 is 0 Å². The molecule has 0 spiro atoms. The number of hydrogen-bond acceptors (Lipinski definition) is 6. The molecule has 1 fully saturated rings. The van der Waals surface area contributed by atoms with Crippen LogP contribution in [0.5, 0.6) is 0 Å². The number of ether oxygens (including phenoxy) is 3. The molecule has 3 aliphatic heterocycles. The van der Waals surface area contributed by atoms with Crippen LogP contribution in [0.1, 0.15) is 81.6 Å². The normalized spacial score (nSPS) is 41.1. The lowest BCUT2D eigenvalue weighted by Crippen LogP contribution is -2.52. The molecular formula is C27H45N3O3. The number of hydrogen-bond donors (Lipinski definition) is 0. The van der Waals surface area contributed by atoms with E-state index in [0.29, 0.717) is 37.6 Å². The van der Waals surface area contributed by atoms with Gasteiger partial charge in [-0.1, -0.05) is 62.3 Å². The first-order chi connectivity index (χ1) is 15.4. The number of aliphatic imine (C=N–C) groups is 3. The zero-order valence-electron chi connectivity index (χ0n) is 22.3. The van der Waals surface area contributed by atoms with E-state index in [0.717, 1.165) is 37.0 Å². The Morgan fingerprint density at radius 3 is 0.970 bits per heavy atom. The fourth-order valence-electron chi connectivity index (χ4n) is 6.41. The maximum atomic E-state index is 6.29. The fourth-order valence-corrected chi connectivity index (χ4v) is 6.41. The topological polar surface area (TPSA) is 64.8 Å². The van der Waals surface area contributed by atoms with Gasteiger partial charge in [-0.2, -0.15) is 0 Å². The van der Waals surface area contributed by atoms with E-state index in [1.165, 1.54) is 0 Å². The molecule has 4 aliphatic rings. The van der Waals surface area contributed by atoms with Crippen molar-refractivity contribution in [2.45, 2.75) is 99.7 Å². The summed E-state index contributed by atoms with van der Waals surface area (Å²) in [5.74, 6) is 4.10. The first-order valence-electron chi connectivity index (χ1n) is 13.0. The zero-order valence-corrected chi connectivity index (χ0v) is 22.3. The Morgan fingerprint density at radius 1 is 0.545 bits per heavy atom. The van der Waals surface area contributed by atoms with Gasteiger partial charge in [-0.3, -0.25) is 0 Å². The second kappa shape index (κ2) is 8.57. The summed E-state index contributed by atoms with van der Waals surface area (Å²) in [7, 11) is 0. The van der Waals surface area contributed by atoms with Crippen LogP contribution in [0.25, 0.3) is 0 Å². The van der Waals surface area contributed by atoms with Crippen LogP contribution in [0.3, 0.4) is 0 Å². The van der Waals surface area contributed by atoms with Crippen molar-refractivity contribution in [1.82, 2.24) is 0 Å². The Bertz CT molecular complexity index is 726. The molecule has 186 valence electrons. The highest BCUT2D eigenvalue weighted by molar-refractivity contribution is 5.92. The van der Waals surface area contributed by atoms with E-state index in [9.17, 15) is 0 Å². The third kappa shape index (κ3) is 4.55. The molecule has 0 saturated heterocycles. The molecule has 4 rings (SSSR count). The Labute approximate surface area is 200 Å². The van der Waals surface area contributed by atoms with E-state index in [1.807, 2.05) is 0 Å². The third-order valence-corrected chi connectivity index (χ3v) is 8.22. The molecule has 0 aromatic carbocycles. The van der Waals surface area contributed by atoms with Crippen molar-refractivity contribution in [2.75, 3.05) is 19.8 Å². The molecule has 1 aliphatic carbocycles. The van der Waals surface area contributed by atoms with Crippen LogP contribution >= 0.6 is 0 Å². The molecule has 0 unspecified atom stereocenters. The van der Waals surface area contributed by atoms with Gasteiger partial charge in [-0.15, -0.1) is 0 Å². The third-order valence-electron chi connectivity index (χ3n) is 8.22. The monoisotopic (exact) mass is 459 g/mol. The molecular weight excluding hydrogens is 414 g/mol. The summed E-state index contributed by atoms with van der Waals surface area (Å²) in [6, 6.07) is 0.686. The van der Waals surface area contributed by atoms with Gasteiger partial charge in [0, 0.05) is 16.2 Å². The predicted molar refractivity (Wildman–Crippen MR) is 134 cm³/mol. The van der Waals surface area contributed by atoms with Crippen LogP contribution in [0, 0.1) is 34.0 Å². The van der Waals surface area contributed by atoms with Crippen molar-refractivity contribution >= 4 is 17.7 Å². The first kappa shape index (κ1) is 24.5. The smallest absolute Gasteiger partial charge is 0.189 e. The SMILES string of the molecule is CC(C)[C@H]1COC(C2(C)CC(C)(C3=N[C@@H](C(C)C)CO3)CC(C)(C3=N[C@@H](C(C)C)CO3)C2)=N1. The zero-order chi connectivity index (χ0) is 24.2. The molecule has 0 bridgehead atoms.